The Morgan fingerprint density at radius 2 is 1.97 bits per heavy atom. The van der Waals surface area contributed by atoms with E-state index in [0.717, 1.165) is 6.42 Å². The van der Waals surface area contributed by atoms with E-state index in [4.69, 9.17) is 0 Å². The van der Waals surface area contributed by atoms with Crippen LogP contribution in [0.1, 0.15) is 46.2 Å². The average Bonchev–Trinajstić information content (AvgIpc) is 3.30. The minimum absolute atomic E-state index is 0.0812. The van der Waals surface area contributed by atoms with Gasteiger partial charge in [0.1, 0.15) is 11.9 Å². The number of benzene rings is 1. The van der Waals surface area contributed by atoms with E-state index in [1.165, 1.54) is 29.5 Å². The zero-order valence-electron chi connectivity index (χ0n) is 16.9. The largest absolute Gasteiger partial charge is 0.354 e. The summed E-state index contributed by atoms with van der Waals surface area (Å²) in [6.07, 6.45) is 1.96. The summed E-state index contributed by atoms with van der Waals surface area (Å²) < 4.78 is 13.4. The Hall–Kier alpha value is -2.74. The van der Waals surface area contributed by atoms with Crippen molar-refractivity contribution >= 4 is 29.1 Å². The smallest absolute Gasteiger partial charge is 0.262 e. The molecule has 2 aromatic rings. The van der Waals surface area contributed by atoms with Gasteiger partial charge in [0.15, 0.2) is 0 Å². The maximum Gasteiger partial charge on any atom is 0.262 e. The van der Waals surface area contributed by atoms with Gasteiger partial charge >= 0.3 is 0 Å². The SMILES string of the molecule is CCCNC(=O)C(NC(=O)c1cccs1)C1CCN(C(=O)c2cccc(F)c2)CC1. The van der Waals surface area contributed by atoms with Crippen molar-refractivity contribution < 1.29 is 18.8 Å². The van der Waals surface area contributed by atoms with Crippen molar-refractivity contribution in [3.05, 3.63) is 58.0 Å². The Morgan fingerprint density at radius 1 is 1.20 bits per heavy atom. The molecule has 0 aliphatic carbocycles. The molecule has 2 N–H and O–H groups in total. The highest BCUT2D eigenvalue weighted by Gasteiger charge is 2.34. The van der Waals surface area contributed by atoms with Crippen molar-refractivity contribution in [3.8, 4) is 0 Å². The molecular formula is C22H26FN3O3S. The summed E-state index contributed by atoms with van der Waals surface area (Å²) in [5.41, 5.74) is 0.316. The van der Waals surface area contributed by atoms with Crippen LogP contribution >= 0.6 is 11.3 Å². The lowest BCUT2D eigenvalue weighted by molar-refractivity contribution is -0.124. The van der Waals surface area contributed by atoms with E-state index in [1.807, 2.05) is 12.3 Å². The molecule has 1 saturated heterocycles. The number of carbonyl (C=O) groups excluding carboxylic acids is 3. The minimum Gasteiger partial charge on any atom is -0.354 e. The molecule has 3 rings (SSSR count). The molecule has 0 saturated carbocycles. The molecule has 1 aromatic carbocycles. The van der Waals surface area contributed by atoms with Gasteiger partial charge < -0.3 is 15.5 Å². The van der Waals surface area contributed by atoms with Crippen molar-refractivity contribution in [1.82, 2.24) is 15.5 Å². The van der Waals surface area contributed by atoms with Crippen LogP contribution in [-0.4, -0.2) is 48.3 Å². The summed E-state index contributed by atoms with van der Waals surface area (Å²) in [5.74, 6) is -1.21. The fourth-order valence-corrected chi connectivity index (χ4v) is 4.24. The molecule has 3 amide bonds. The van der Waals surface area contributed by atoms with Gasteiger partial charge in [0.2, 0.25) is 5.91 Å². The predicted octanol–water partition coefficient (Wildman–Crippen LogP) is 3.06. The topological polar surface area (TPSA) is 78.5 Å². The summed E-state index contributed by atoms with van der Waals surface area (Å²) in [6, 6.07) is 8.51. The summed E-state index contributed by atoms with van der Waals surface area (Å²) in [7, 11) is 0. The first-order chi connectivity index (χ1) is 14.5. The van der Waals surface area contributed by atoms with E-state index in [1.54, 1.807) is 23.1 Å². The monoisotopic (exact) mass is 431 g/mol. The van der Waals surface area contributed by atoms with E-state index < -0.39 is 11.9 Å². The molecule has 1 fully saturated rings. The van der Waals surface area contributed by atoms with Crippen molar-refractivity contribution in [2.75, 3.05) is 19.6 Å². The molecule has 0 bridgehead atoms. The third-order valence-electron chi connectivity index (χ3n) is 5.23. The highest BCUT2D eigenvalue weighted by atomic mass is 32.1. The van der Waals surface area contributed by atoms with Gasteiger partial charge in [-0.05, 0) is 54.8 Å². The summed E-state index contributed by atoms with van der Waals surface area (Å²) in [4.78, 5) is 40.2. The minimum atomic E-state index is -0.655. The van der Waals surface area contributed by atoms with E-state index in [9.17, 15) is 18.8 Å². The molecule has 0 radical (unpaired) electrons. The molecule has 6 nitrogen and oxygen atoms in total. The van der Waals surface area contributed by atoms with E-state index in [0.29, 0.717) is 42.9 Å². The molecule has 1 aliphatic heterocycles. The molecular weight excluding hydrogens is 405 g/mol. The number of hydrogen-bond donors (Lipinski definition) is 2. The molecule has 1 aromatic heterocycles. The third kappa shape index (κ3) is 5.44. The molecule has 0 spiro atoms. The molecule has 8 heteroatoms. The molecule has 2 heterocycles. The Balaban J connectivity index is 1.65. The van der Waals surface area contributed by atoms with Crippen molar-refractivity contribution in [2.24, 2.45) is 5.92 Å². The van der Waals surface area contributed by atoms with Gasteiger partial charge in [0.05, 0.1) is 4.88 Å². The molecule has 1 atom stereocenters. The number of nitrogens with one attached hydrogen (secondary N) is 2. The molecule has 1 aliphatic rings. The zero-order chi connectivity index (χ0) is 21.5. The number of carbonyl (C=O) groups is 3. The van der Waals surface area contributed by atoms with Crippen LogP contribution in [0.15, 0.2) is 41.8 Å². The highest BCUT2D eigenvalue weighted by Crippen LogP contribution is 2.23. The lowest BCUT2D eigenvalue weighted by Crippen LogP contribution is -2.53. The Morgan fingerprint density at radius 3 is 2.60 bits per heavy atom. The number of hydrogen-bond acceptors (Lipinski definition) is 4. The number of amides is 3. The van der Waals surface area contributed by atoms with Crippen molar-refractivity contribution in [2.45, 2.75) is 32.2 Å². The first-order valence-electron chi connectivity index (χ1n) is 10.2. The quantitative estimate of drug-likeness (QED) is 0.707. The number of piperidine rings is 1. The molecule has 30 heavy (non-hydrogen) atoms. The van der Waals surface area contributed by atoms with Gasteiger partial charge in [-0.15, -0.1) is 11.3 Å². The number of likely N-dealkylation sites (tertiary alicyclic amines) is 1. The Labute approximate surface area is 179 Å². The Bertz CT molecular complexity index is 880. The Kier molecular flexibility index (Phi) is 7.57. The van der Waals surface area contributed by atoms with Gasteiger partial charge in [0.25, 0.3) is 11.8 Å². The van der Waals surface area contributed by atoms with Crippen molar-refractivity contribution in [1.29, 1.82) is 0 Å². The van der Waals surface area contributed by atoms with Crippen LogP contribution < -0.4 is 10.6 Å². The summed E-state index contributed by atoms with van der Waals surface area (Å²) in [5, 5.41) is 7.58. The van der Waals surface area contributed by atoms with Gasteiger partial charge in [-0.2, -0.15) is 0 Å². The molecule has 160 valence electrons. The van der Waals surface area contributed by atoms with E-state index in [-0.39, 0.29) is 23.6 Å². The first kappa shape index (κ1) is 22.0. The number of rotatable bonds is 7. The first-order valence-corrected chi connectivity index (χ1v) is 11.0. The van der Waals surface area contributed by atoms with E-state index >= 15 is 0 Å². The lowest BCUT2D eigenvalue weighted by atomic mass is 9.88. The van der Waals surface area contributed by atoms with E-state index in [2.05, 4.69) is 10.6 Å². The number of nitrogens with zero attached hydrogens (tertiary/aromatic N) is 1. The summed E-state index contributed by atoms with van der Waals surface area (Å²) >= 11 is 1.33. The van der Waals surface area contributed by atoms with Crippen LogP contribution in [0.3, 0.4) is 0 Å². The van der Waals surface area contributed by atoms with Gasteiger partial charge in [-0.1, -0.05) is 19.1 Å². The fraction of sp³-hybridized carbons (Fsp3) is 0.409. The van der Waals surface area contributed by atoms with Crippen LogP contribution in [0, 0.1) is 11.7 Å². The second-order valence-corrected chi connectivity index (χ2v) is 8.31. The second-order valence-electron chi connectivity index (χ2n) is 7.36. The maximum atomic E-state index is 13.4. The summed E-state index contributed by atoms with van der Waals surface area (Å²) in [6.45, 7) is 3.41. The average molecular weight is 432 g/mol. The van der Waals surface area contributed by atoms with Crippen molar-refractivity contribution in [3.63, 3.8) is 0 Å². The highest BCUT2D eigenvalue weighted by molar-refractivity contribution is 7.12. The van der Waals surface area contributed by atoms with Crippen LogP contribution in [0.25, 0.3) is 0 Å². The predicted molar refractivity (Wildman–Crippen MR) is 114 cm³/mol. The van der Waals surface area contributed by atoms with Gasteiger partial charge in [0, 0.05) is 25.2 Å². The standard InChI is InChI=1S/C22H26FN3O3S/c1-2-10-24-21(28)19(25-20(27)18-7-4-13-30-18)15-8-11-26(12-9-15)22(29)16-5-3-6-17(23)14-16/h3-7,13-15,19H,2,8-12H2,1H3,(H,24,28)(H,25,27). The number of halogens is 1. The normalized spacial score (nSPS) is 15.5. The number of thiophene rings is 1. The second kappa shape index (κ2) is 10.3. The molecule has 1 unspecified atom stereocenters. The van der Waals surface area contributed by atoms with Crippen LogP contribution in [0.4, 0.5) is 4.39 Å². The van der Waals surface area contributed by atoms with Crippen LogP contribution in [-0.2, 0) is 4.79 Å². The van der Waals surface area contributed by atoms with Crippen LogP contribution in [0.5, 0.6) is 0 Å². The van der Waals surface area contributed by atoms with Gasteiger partial charge in [-0.25, -0.2) is 4.39 Å². The lowest BCUT2D eigenvalue weighted by Gasteiger charge is -2.35. The van der Waals surface area contributed by atoms with Crippen LogP contribution in [0.2, 0.25) is 0 Å². The zero-order valence-corrected chi connectivity index (χ0v) is 17.7. The maximum absolute atomic E-state index is 13.4. The van der Waals surface area contributed by atoms with Gasteiger partial charge in [-0.3, -0.25) is 14.4 Å². The fourth-order valence-electron chi connectivity index (χ4n) is 3.62. The third-order valence-corrected chi connectivity index (χ3v) is 6.10.